The monoisotopic (exact) mass is 441 g/mol. The molecule has 0 bridgehead atoms. The van der Waals surface area contributed by atoms with Gasteiger partial charge in [-0.1, -0.05) is 46.6 Å². The van der Waals surface area contributed by atoms with E-state index >= 15 is 0 Å². The Hall–Kier alpha value is -1.80. The molecule has 1 aromatic carbocycles. The van der Waals surface area contributed by atoms with E-state index < -0.39 is 5.25 Å². The van der Waals surface area contributed by atoms with Gasteiger partial charge in [0, 0.05) is 25.0 Å². The van der Waals surface area contributed by atoms with Crippen LogP contribution in [0.2, 0.25) is 15.1 Å². The van der Waals surface area contributed by atoms with Gasteiger partial charge in [-0.05, 0) is 31.2 Å². The third kappa shape index (κ3) is 4.55. The van der Waals surface area contributed by atoms with Crippen LogP contribution in [0, 0.1) is 0 Å². The van der Waals surface area contributed by atoms with E-state index in [0.717, 1.165) is 5.56 Å². The highest BCUT2D eigenvalue weighted by Crippen LogP contribution is 2.33. The molecule has 2 aromatic heterocycles. The van der Waals surface area contributed by atoms with Crippen LogP contribution in [0.15, 0.2) is 41.8 Å². The normalized spacial score (nSPS) is 12.0. The number of carbonyl (C=O) groups is 1. The number of carbonyl (C=O) groups excluding carboxylic acids is 1. The van der Waals surface area contributed by atoms with Gasteiger partial charge in [-0.2, -0.15) is 0 Å². The molecule has 3 rings (SSSR count). The summed E-state index contributed by atoms with van der Waals surface area (Å²) in [5.74, 6) is 0.453. The highest BCUT2D eigenvalue weighted by atomic mass is 35.5. The fraction of sp³-hybridized carbons (Fsp3) is 0.176. The van der Waals surface area contributed by atoms with Crippen molar-refractivity contribution in [3.8, 4) is 11.4 Å². The van der Waals surface area contributed by atoms with Crippen LogP contribution < -0.4 is 5.32 Å². The van der Waals surface area contributed by atoms with Crippen molar-refractivity contribution >= 4 is 58.2 Å². The Morgan fingerprint density at radius 2 is 1.78 bits per heavy atom. The van der Waals surface area contributed by atoms with Crippen LogP contribution in [0.5, 0.6) is 0 Å². The van der Waals surface area contributed by atoms with Crippen LogP contribution in [0.1, 0.15) is 6.92 Å². The van der Waals surface area contributed by atoms with Crippen molar-refractivity contribution in [2.24, 2.45) is 7.05 Å². The third-order valence-electron chi connectivity index (χ3n) is 3.69. The van der Waals surface area contributed by atoms with E-state index in [2.05, 4.69) is 20.5 Å². The van der Waals surface area contributed by atoms with E-state index in [-0.39, 0.29) is 5.91 Å². The van der Waals surface area contributed by atoms with Gasteiger partial charge >= 0.3 is 0 Å². The van der Waals surface area contributed by atoms with Crippen LogP contribution in [0.3, 0.4) is 0 Å². The lowest BCUT2D eigenvalue weighted by atomic mass is 10.2. The average Bonchev–Trinajstić information content (AvgIpc) is 3.00. The van der Waals surface area contributed by atoms with Gasteiger partial charge in [-0.3, -0.25) is 9.78 Å². The number of hydrogen-bond donors (Lipinski definition) is 1. The van der Waals surface area contributed by atoms with E-state index in [1.807, 2.05) is 23.7 Å². The molecule has 0 aliphatic heterocycles. The second kappa shape index (κ2) is 8.48. The second-order valence-corrected chi connectivity index (χ2v) is 8.13. The van der Waals surface area contributed by atoms with Crippen molar-refractivity contribution in [1.82, 2.24) is 19.7 Å². The number of nitrogens with one attached hydrogen (secondary N) is 1. The Morgan fingerprint density at radius 3 is 2.48 bits per heavy atom. The SMILES string of the molecule is C[C@@H](Sc1nnc(-c2ccncc2)n1C)C(=O)Nc1cc(Cl)c(Cl)cc1Cl. The smallest absolute Gasteiger partial charge is 0.237 e. The Kier molecular flexibility index (Phi) is 6.26. The molecule has 2 heterocycles. The highest BCUT2D eigenvalue weighted by molar-refractivity contribution is 8.00. The Morgan fingerprint density at radius 1 is 1.11 bits per heavy atom. The van der Waals surface area contributed by atoms with E-state index in [9.17, 15) is 4.79 Å². The van der Waals surface area contributed by atoms with Crippen LogP contribution >= 0.6 is 46.6 Å². The van der Waals surface area contributed by atoms with Crippen LogP contribution in [-0.4, -0.2) is 30.9 Å². The zero-order valence-corrected chi connectivity index (χ0v) is 17.4. The van der Waals surface area contributed by atoms with E-state index in [4.69, 9.17) is 34.8 Å². The molecule has 27 heavy (non-hydrogen) atoms. The lowest BCUT2D eigenvalue weighted by Crippen LogP contribution is -2.23. The summed E-state index contributed by atoms with van der Waals surface area (Å²) in [7, 11) is 1.85. The average molecular weight is 443 g/mol. The maximum Gasteiger partial charge on any atom is 0.237 e. The maximum absolute atomic E-state index is 12.5. The molecular formula is C17H14Cl3N5OS. The molecule has 10 heteroatoms. The van der Waals surface area contributed by atoms with E-state index in [0.29, 0.717) is 31.7 Å². The number of halogens is 3. The first-order valence-electron chi connectivity index (χ1n) is 7.78. The quantitative estimate of drug-likeness (QED) is 0.447. The first-order chi connectivity index (χ1) is 12.9. The molecule has 0 aliphatic carbocycles. The molecule has 1 atom stereocenters. The Balaban J connectivity index is 1.72. The minimum Gasteiger partial charge on any atom is -0.324 e. The van der Waals surface area contributed by atoms with Gasteiger partial charge in [0.15, 0.2) is 11.0 Å². The summed E-state index contributed by atoms with van der Waals surface area (Å²) in [6, 6.07) is 6.70. The summed E-state index contributed by atoms with van der Waals surface area (Å²) < 4.78 is 1.83. The molecule has 0 fully saturated rings. The lowest BCUT2D eigenvalue weighted by Gasteiger charge is -2.13. The summed E-state index contributed by atoms with van der Waals surface area (Å²) in [4.78, 5) is 16.5. The first-order valence-corrected chi connectivity index (χ1v) is 9.80. The number of thioether (sulfide) groups is 1. The molecule has 0 unspecified atom stereocenters. The fourth-order valence-corrected chi connectivity index (χ4v) is 3.64. The molecule has 1 N–H and O–H groups in total. The van der Waals surface area contributed by atoms with Gasteiger partial charge in [0.2, 0.25) is 5.91 Å². The zero-order valence-electron chi connectivity index (χ0n) is 14.3. The van der Waals surface area contributed by atoms with Gasteiger partial charge < -0.3 is 9.88 Å². The number of rotatable bonds is 5. The summed E-state index contributed by atoms with van der Waals surface area (Å²) in [6.45, 7) is 1.77. The number of aromatic nitrogens is 4. The number of hydrogen-bond acceptors (Lipinski definition) is 5. The number of amides is 1. The standard InChI is InChI=1S/C17H14Cl3N5OS/c1-9(16(26)22-14-8-12(19)11(18)7-13(14)20)27-17-24-23-15(25(17)2)10-3-5-21-6-4-10/h3-9H,1-2H3,(H,22,26)/t9-/m1/s1. The van der Waals surface area contributed by atoms with Gasteiger partial charge in [0.05, 0.1) is 26.0 Å². The molecule has 0 saturated carbocycles. The van der Waals surface area contributed by atoms with E-state index in [1.165, 1.54) is 23.9 Å². The third-order valence-corrected chi connectivity index (χ3v) is 5.86. The van der Waals surface area contributed by atoms with Gasteiger partial charge in [0.1, 0.15) is 0 Å². The maximum atomic E-state index is 12.5. The molecule has 140 valence electrons. The summed E-state index contributed by atoms with van der Waals surface area (Å²) in [5, 5.41) is 12.3. The Bertz CT molecular complexity index is 980. The van der Waals surface area contributed by atoms with E-state index in [1.54, 1.807) is 19.3 Å². The molecule has 0 spiro atoms. The van der Waals surface area contributed by atoms with Gasteiger partial charge in [-0.15, -0.1) is 10.2 Å². The summed E-state index contributed by atoms with van der Waals surface area (Å²) in [5.41, 5.74) is 1.30. The highest BCUT2D eigenvalue weighted by Gasteiger charge is 2.20. The molecule has 6 nitrogen and oxygen atoms in total. The summed E-state index contributed by atoms with van der Waals surface area (Å²) in [6.07, 6.45) is 3.38. The zero-order chi connectivity index (χ0) is 19.6. The van der Waals surface area contributed by atoms with Crippen molar-refractivity contribution in [1.29, 1.82) is 0 Å². The second-order valence-electron chi connectivity index (χ2n) is 5.60. The molecular weight excluding hydrogens is 429 g/mol. The first kappa shape index (κ1) is 19.9. The largest absolute Gasteiger partial charge is 0.324 e. The number of pyridine rings is 1. The number of benzene rings is 1. The van der Waals surface area contributed by atoms with Crippen molar-refractivity contribution in [3.05, 3.63) is 51.7 Å². The minimum atomic E-state index is -0.441. The lowest BCUT2D eigenvalue weighted by molar-refractivity contribution is -0.115. The van der Waals surface area contributed by atoms with Gasteiger partial charge in [-0.25, -0.2) is 0 Å². The number of anilines is 1. The summed E-state index contributed by atoms with van der Waals surface area (Å²) >= 11 is 19.3. The van der Waals surface area contributed by atoms with Crippen molar-refractivity contribution < 1.29 is 4.79 Å². The van der Waals surface area contributed by atoms with Crippen LogP contribution in [0.25, 0.3) is 11.4 Å². The fourth-order valence-electron chi connectivity index (χ4n) is 2.23. The molecule has 0 radical (unpaired) electrons. The number of nitrogens with zero attached hydrogens (tertiary/aromatic N) is 4. The van der Waals surface area contributed by atoms with Crippen molar-refractivity contribution in [2.45, 2.75) is 17.3 Å². The van der Waals surface area contributed by atoms with Crippen LogP contribution in [0.4, 0.5) is 5.69 Å². The Labute approximate surface area is 175 Å². The molecule has 0 saturated heterocycles. The van der Waals surface area contributed by atoms with Crippen molar-refractivity contribution in [3.63, 3.8) is 0 Å². The predicted octanol–water partition coefficient (Wildman–Crippen LogP) is 4.96. The predicted molar refractivity (Wildman–Crippen MR) is 110 cm³/mol. The molecule has 1 amide bonds. The van der Waals surface area contributed by atoms with Crippen molar-refractivity contribution in [2.75, 3.05) is 5.32 Å². The van der Waals surface area contributed by atoms with Crippen LogP contribution in [-0.2, 0) is 11.8 Å². The topological polar surface area (TPSA) is 72.7 Å². The van der Waals surface area contributed by atoms with Gasteiger partial charge in [0.25, 0.3) is 0 Å². The molecule has 3 aromatic rings. The minimum absolute atomic E-state index is 0.242. The molecule has 0 aliphatic rings.